The molecule has 29 heavy (non-hydrogen) atoms. The second-order valence-electron chi connectivity index (χ2n) is 6.88. The zero-order chi connectivity index (χ0) is 20.7. The number of hydrogen-bond donors (Lipinski definition) is 1. The molecule has 2 aliphatic heterocycles. The third-order valence-electron chi connectivity index (χ3n) is 5.10. The molecular formula is C18H16N6O5. The van der Waals surface area contributed by atoms with Crippen LogP contribution in [0, 0.1) is 6.92 Å². The predicted octanol–water partition coefficient (Wildman–Crippen LogP) is 1.11. The Hall–Kier alpha value is -3.69. The number of nitrogens with one attached hydrogen (secondary N) is 1. The van der Waals surface area contributed by atoms with E-state index in [1.165, 1.54) is 10.8 Å². The average Bonchev–Trinajstić information content (AvgIpc) is 3.20. The Morgan fingerprint density at radius 2 is 1.86 bits per heavy atom. The van der Waals surface area contributed by atoms with E-state index in [1.807, 2.05) is 0 Å². The normalized spacial score (nSPS) is 23.2. The van der Waals surface area contributed by atoms with Gasteiger partial charge < -0.3 is 4.74 Å². The molecule has 3 heterocycles. The molecule has 4 rings (SSSR count). The van der Waals surface area contributed by atoms with Gasteiger partial charge in [0.2, 0.25) is 0 Å². The molecule has 0 bridgehead atoms. The molecule has 0 saturated carbocycles. The van der Waals surface area contributed by atoms with E-state index < -0.39 is 41.4 Å². The molecular weight excluding hydrogens is 380 g/mol. The number of aromatic amines is 1. The Balaban J connectivity index is 1.61. The molecule has 3 atom stereocenters. The summed E-state index contributed by atoms with van der Waals surface area (Å²) in [4.78, 5) is 55.0. The molecule has 1 aromatic heterocycles. The highest BCUT2D eigenvalue weighted by molar-refractivity contribution is 6.21. The van der Waals surface area contributed by atoms with E-state index in [9.17, 15) is 19.2 Å². The van der Waals surface area contributed by atoms with Gasteiger partial charge in [0.1, 0.15) is 6.23 Å². The summed E-state index contributed by atoms with van der Waals surface area (Å²) < 4.78 is 7.08. The summed E-state index contributed by atoms with van der Waals surface area (Å²) in [5.41, 5.74) is 8.65. The van der Waals surface area contributed by atoms with E-state index in [0.29, 0.717) is 16.7 Å². The summed E-state index contributed by atoms with van der Waals surface area (Å²) in [5.74, 6) is -0.899. The molecule has 0 radical (unpaired) electrons. The summed E-state index contributed by atoms with van der Waals surface area (Å²) >= 11 is 0. The van der Waals surface area contributed by atoms with Crippen LogP contribution < -0.4 is 11.2 Å². The van der Waals surface area contributed by atoms with Crippen LogP contribution in [0.2, 0.25) is 0 Å². The minimum Gasteiger partial charge on any atom is -0.352 e. The number of fused-ring (bicyclic) bond motifs is 1. The molecule has 1 saturated heterocycles. The van der Waals surface area contributed by atoms with Gasteiger partial charge in [-0.1, -0.05) is 17.2 Å². The van der Waals surface area contributed by atoms with Gasteiger partial charge in [0, 0.05) is 23.1 Å². The number of nitrogens with zero attached hydrogens (tertiary/aromatic N) is 5. The molecule has 11 nitrogen and oxygen atoms in total. The van der Waals surface area contributed by atoms with Crippen LogP contribution in [0.25, 0.3) is 10.4 Å². The Morgan fingerprint density at radius 1 is 1.21 bits per heavy atom. The van der Waals surface area contributed by atoms with E-state index in [2.05, 4.69) is 15.0 Å². The lowest BCUT2D eigenvalue weighted by Crippen LogP contribution is -2.40. The maximum atomic E-state index is 12.6. The molecule has 148 valence electrons. The molecule has 2 aromatic rings. The van der Waals surface area contributed by atoms with Gasteiger partial charge in [0.15, 0.2) is 0 Å². The van der Waals surface area contributed by atoms with Crippen LogP contribution in [0.4, 0.5) is 0 Å². The van der Waals surface area contributed by atoms with E-state index in [4.69, 9.17) is 10.3 Å². The highest BCUT2D eigenvalue weighted by Crippen LogP contribution is 2.32. The predicted molar refractivity (Wildman–Crippen MR) is 99.3 cm³/mol. The second kappa shape index (κ2) is 7.04. The summed E-state index contributed by atoms with van der Waals surface area (Å²) in [6, 6.07) is 5.78. The van der Waals surface area contributed by atoms with Gasteiger partial charge in [0.05, 0.1) is 29.8 Å². The number of hydrogen-bond acceptors (Lipinski definition) is 6. The van der Waals surface area contributed by atoms with Crippen molar-refractivity contribution < 1.29 is 14.3 Å². The lowest BCUT2D eigenvalue weighted by molar-refractivity contribution is -0.0138. The second-order valence-corrected chi connectivity index (χ2v) is 6.88. The molecule has 2 amide bonds. The molecule has 1 fully saturated rings. The topological polar surface area (TPSA) is 150 Å². The molecule has 0 unspecified atom stereocenters. The smallest absolute Gasteiger partial charge is 0.330 e. The van der Waals surface area contributed by atoms with Gasteiger partial charge in [-0.25, -0.2) is 4.79 Å². The van der Waals surface area contributed by atoms with Crippen molar-refractivity contribution in [2.45, 2.75) is 31.7 Å². The largest absolute Gasteiger partial charge is 0.352 e. The zero-order valence-electron chi connectivity index (χ0n) is 15.3. The zero-order valence-corrected chi connectivity index (χ0v) is 15.3. The van der Waals surface area contributed by atoms with Gasteiger partial charge in [-0.3, -0.25) is 28.8 Å². The first-order valence-corrected chi connectivity index (χ1v) is 8.87. The van der Waals surface area contributed by atoms with Crippen molar-refractivity contribution in [3.63, 3.8) is 0 Å². The number of aryl methyl sites for hydroxylation is 1. The van der Waals surface area contributed by atoms with Gasteiger partial charge in [0.25, 0.3) is 17.4 Å². The number of imide groups is 1. The van der Waals surface area contributed by atoms with Crippen molar-refractivity contribution in [3.05, 3.63) is 78.4 Å². The van der Waals surface area contributed by atoms with Crippen LogP contribution in [0.1, 0.15) is 38.9 Å². The number of rotatable bonds is 4. The molecule has 11 heteroatoms. The van der Waals surface area contributed by atoms with Crippen molar-refractivity contribution in [1.29, 1.82) is 0 Å². The first-order chi connectivity index (χ1) is 13.9. The number of ether oxygens (including phenoxy) is 1. The van der Waals surface area contributed by atoms with E-state index in [1.54, 1.807) is 31.2 Å². The first-order valence-electron chi connectivity index (χ1n) is 8.87. The summed E-state index contributed by atoms with van der Waals surface area (Å²) in [5, 5.41) is 3.71. The van der Waals surface area contributed by atoms with Crippen molar-refractivity contribution in [3.8, 4) is 0 Å². The highest BCUT2D eigenvalue weighted by atomic mass is 16.5. The average molecular weight is 396 g/mol. The summed E-state index contributed by atoms with van der Waals surface area (Å²) in [6.07, 6.45) is -0.0851. The lowest BCUT2D eigenvalue weighted by atomic mass is 10.1. The molecule has 2 aliphatic rings. The molecule has 1 N–H and O–H groups in total. The monoisotopic (exact) mass is 396 g/mol. The van der Waals surface area contributed by atoms with Crippen LogP contribution in [-0.2, 0) is 4.74 Å². The van der Waals surface area contributed by atoms with Crippen LogP contribution in [0.15, 0.2) is 45.2 Å². The SMILES string of the molecule is Cc1cn([C@H]2C[C@H](N=[N+]=[N-])[C@@H](CN3C(=O)c4ccccc4C3=O)O2)c(=O)[nH]c1=O. The van der Waals surface area contributed by atoms with Crippen LogP contribution >= 0.6 is 0 Å². The van der Waals surface area contributed by atoms with Crippen molar-refractivity contribution in [2.24, 2.45) is 5.11 Å². The molecule has 1 aromatic carbocycles. The van der Waals surface area contributed by atoms with Crippen molar-refractivity contribution >= 4 is 11.8 Å². The van der Waals surface area contributed by atoms with Crippen LogP contribution in [0.5, 0.6) is 0 Å². The first kappa shape index (κ1) is 18.7. The molecule has 0 aliphatic carbocycles. The van der Waals surface area contributed by atoms with Gasteiger partial charge >= 0.3 is 5.69 Å². The fourth-order valence-electron chi connectivity index (χ4n) is 3.62. The van der Waals surface area contributed by atoms with E-state index in [-0.39, 0.29) is 13.0 Å². The Labute approximate surface area is 163 Å². The number of carbonyl (C=O) groups is 2. The fourth-order valence-corrected chi connectivity index (χ4v) is 3.62. The van der Waals surface area contributed by atoms with E-state index in [0.717, 1.165) is 4.90 Å². The Morgan fingerprint density at radius 3 is 2.48 bits per heavy atom. The third kappa shape index (κ3) is 3.12. The summed E-state index contributed by atoms with van der Waals surface area (Å²) in [7, 11) is 0. The summed E-state index contributed by atoms with van der Waals surface area (Å²) in [6.45, 7) is 1.43. The van der Waals surface area contributed by atoms with Crippen LogP contribution in [0.3, 0.4) is 0 Å². The number of aromatic nitrogens is 2. The minimum atomic E-state index is -0.811. The number of H-pyrrole nitrogens is 1. The standard InChI is InChI=1S/C18H16N6O5/c1-9-7-23(18(28)20-15(9)25)14-6-12(21-22-19)13(29-14)8-24-16(26)10-4-2-3-5-11(10)17(24)27/h2-5,7,12-14H,6,8H2,1H3,(H,20,25,28)/t12-,13+,14+/m0/s1. The Bertz CT molecular complexity index is 1140. The quantitative estimate of drug-likeness (QED) is 0.355. The van der Waals surface area contributed by atoms with Gasteiger partial charge in [-0.2, -0.15) is 0 Å². The van der Waals surface area contributed by atoms with Crippen molar-refractivity contribution in [1.82, 2.24) is 14.5 Å². The number of azide groups is 1. The number of amides is 2. The number of benzene rings is 1. The van der Waals surface area contributed by atoms with Gasteiger partial charge in [-0.15, -0.1) is 0 Å². The minimum absolute atomic E-state index is 0.121. The number of carbonyl (C=O) groups excluding carboxylic acids is 2. The third-order valence-corrected chi connectivity index (χ3v) is 5.10. The highest BCUT2D eigenvalue weighted by Gasteiger charge is 2.42. The fraction of sp³-hybridized carbons (Fsp3) is 0.333. The Kier molecular flexibility index (Phi) is 4.53. The molecule has 0 spiro atoms. The van der Waals surface area contributed by atoms with Crippen molar-refractivity contribution in [2.75, 3.05) is 6.54 Å². The van der Waals surface area contributed by atoms with Gasteiger partial charge in [-0.05, 0) is 24.6 Å². The lowest BCUT2D eigenvalue weighted by Gasteiger charge is -2.21. The van der Waals surface area contributed by atoms with E-state index >= 15 is 0 Å². The van der Waals surface area contributed by atoms with Crippen LogP contribution in [-0.4, -0.2) is 45.0 Å². The maximum absolute atomic E-state index is 12.6. The maximum Gasteiger partial charge on any atom is 0.330 e.